The fourth-order valence-electron chi connectivity index (χ4n) is 4.06. The van der Waals surface area contributed by atoms with Gasteiger partial charge in [0.1, 0.15) is 8.24 Å². The predicted molar refractivity (Wildman–Crippen MR) is 168 cm³/mol. The third-order valence-corrected chi connectivity index (χ3v) is 6.62. The molecule has 0 fully saturated rings. The Bertz CT molecular complexity index is 976. The Balaban J connectivity index is 0. The van der Waals surface area contributed by atoms with Crippen molar-refractivity contribution in [3.8, 4) is 0 Å². The van der Waals surface area contributed by atoms with Crippen LogP contribution in [-0.4, -0.2) is 47.3 Å². The number of fused-ring (bicyclic) bond motifs is 1. The van der Waals surface area contributed by atoms with Crippen LogP contribution in [0.4, 0.5) is 0 Å². The fraction of sp³-hybridized carbons (Fsp3) is 0.690. The molecule has 1 atom stereocenters. The first-order chi connectivity index (χ1) is 19.2. The monoisotopic (exact) mass is 592 g/mol. The van der Waals surface area contributed by atoms with Gasteiger partial charge in [0, 0.05) is 17.0 Å². The molecule has 3 N–H and O–H groups in total. The quantitative estimate of drug-likeness (QED) is 0.0516. The maximum Gasteiger partial charge on any atom is 0.341 e. The van der Waals surface area contributed by atoms with E-state index in [0.717, 1.165) is 51.4 Å². The summed E-state index contributed by atoms with van der Waals surface area (Å²) in [5.41, 5.74) is 15.8. The first-order valence-electron chi connectivity index (χ1n) is 14.3. The molecule has 232 valence electrons. The zero-order valence-corrected chi connectivity index (χ0v) is 27.1. The van der Waals surface area contributed by atoms with Gasteiger partial charge >= 0.3 is 5.97 Å². The molecule has 0 radical (unpaired) electrons. The summed E-state index contributed by atoms with van der Waals surface area (Å²) in [6, 6.07) is 6.79. The van der Waals surface area contributed by atoms with Crippen molar-refractivity contribution in [1.29, 1.82) is 0 Å². The van der Waals surface area contributed by atoms with Gasteiger partial charge < -0.3 is 20.1 Å². The molecule has 0 aromatic heterocycles. The molecular formula is C29H52N6O5Si. The van der Waals surface area contributed by atoms with Gasteiger partial charge in [-0.15, -0.1) is 11.4 Å². The first kappa shape index (κ1) is 40.3. The lowest BCUT2D eigenvalue weighted by Gasteiger charge is -2.26. The highest BCUT2D eigenvalue weighted by atomic mass is 28.3. The van der Waals surface area contributed by atoms with Gasteiger partial charge in [0.15, 0.2) is 0 Å². The maximum absolute atomic E-state index is 10.9. The number of carbonyl (C=O) groups is 1. The normalized spacial score (nSPS) is 13.7. The van der Waals surface area contributed by atoms with Crippen LogP contribution in [0, 0.1) is 0 Å². The van der Waals surface area contributed by atoms with E-state index in [2.05, 4.69) is 44.9 Å². The van der Waals surface area contributed by atoms with Crippen LogP contribution in [0.25, 0.3) is 20.9 Å². The minimum absolute atomic E-state index is 0.396. The molecular weight excluding hydrogens is 540 g/mol. The number of ether oxygens (including phenoxy) is 1. The molecule has 1 aromatic rings. The second-order valence-corrected chi connectivity index (χ2v) is 15.5. The number of hydrogen-bond acceptors (Lipinski definition) is 7. The molecule has 1 aliphatic rings. The second-order valence-electron chi connectivity index (χ2n) is 10.9. The molecule has 0 amide bonds. The number of hydrogen-bond donors (Lipinski definition) is 3. The molecule has 0 saturated heterocycles. The molecule has 1 aromatic carbocycles. The van der Waals surface area contributed by atoms with Gasteiger partial charge in [-0.2, -0.15) is 0 Å². The predicted octanol–water partition coefficient (Wildman–Crippen LogP) is 8.50. The minimum Gasteiger partial charge on any atom is -0.428 e. The van der Waals surface area contributed by atoms with Crippen LogP contribution in [-0.2, 0) is 4.74 Å². The average Bonchev–Trinajstić information content (AvgIpc) is 3.19. The number of cyclic esters (lactones) is 1. The first-order valence-corrected chi connectivity index (χ1v) is 17.8. The van der Waals surface area contributed by atoms with E-state index < -0.39 is 31.7 Å². The van der Waals surface area contributed by atoms with E-state index in [-0.39, 0.29) is 0 Å². The third-order valence-electron chi connectivity index (χ3n) is 5.93. The number of benzene rings is 1. The molecule has 12 heteroatoms. The molecule has 2 rings (SSSR count). The van der Waals surface area contributed by atoms with Crippen LogP contribution < -0.4 is 0 Å². The van der Waals surface area contributed by atoms with Gasteiger partial charge in [0.2, 0.25) is 6.29 Å². The lowest BCUT2D eigenvalue weighted by atomic mass is 9.89. The average molecular weight is 593 g/mol. The largest absolute Gasteiger partial charge is 0.428 e. The van der Waals surface area contributed by atoms with Crippen molar-refractivity contribution in [2.45, 2.75) is 123 Å². The Labute approximate surface area is 247 Å². The van der Waals surface area contributed by atoms with Gasteiger partial charge in [0.05, 0.1) is 16.8 Å². The van der Waals surface area contributed by atoms with Crippen molar-refractivity contribution in [3.63, 3.8) is 0 Å². The summed E-state index contributed by atoms with van der Waals surface area (Å²) < 4.78 is 8.12. The highest BCUT2D eigenvalue weighted by Crippen LogP contribution is 2.27. The minimum atomic E-state index is -1.45. The fourth-order valence-corrected chi connectivity index (χ4v) is 4.33. The van der Waals surface area contributed by atoms with Crippen molar-refractivity contribution < 1.29 is 24.9 Å². The summed E-state index contributed by atoms with van der Waals surface area (Å²) in [7, 11) is -1.45. The van der Waals surface area contributed by atoms with E-state index in [0.29, 0.717) is 24.1 Å². The Hall–Kier alpha value is -2.85. The van der Waals surface area contributed by atoms with E-state index in [1.807, 2.05) is 33.5 Å². The third kappa shape index (κ3) is 19.0. The number of rotatable bonds is 13. The molecule has 0 bridgehead atoms. The van der Waals surface area contributed by atoms with Gasteiger partial charge in [-0.3, -0.25) is 0 Å². The van der Waals surface area contributed by atoms with Gasteiger partial charge in [-0.1, -0.05) is 102 Å². The van der Waals surface area contributed by atoms with Gasteiger partial charge in [-0.25, -0.2) is 4.79 Å². The lowest BCUT2D eigenvalue weighted by molar-refractivity contribution is -0.0547. The van der Waals surface area contributed by atoms with E-state index in [1.165, 1.54) is 0 Å². The molecule has 11 nitrogen and oxygen atoms in total. The molecule has 0 spiro atoms. The van der Waals surface area contributed by atoms with Crippen LogP contribution in [0.5, 0.6) is 0 Å². The Morgan fingerprint density at radius 3 is 1.83 bits per heavy atom. The molecule has 41 heavy (non-hydrogen) atoms. The summed E-state index contributed by atoms with van der Waals surface area (Å²) in [6.07, 6.45) is 8.40. The zero-order chi connectivity index (χ0) is 32.0. The van der Waals surface area contributed by atoms with E-state index in [4.69, 9.17) is 16.2 Å². The number of aliphatic hydroxyl groups is 3. The van der Waals surface area contributed by atoms with Gasteiger partial charge in [-0.05, 0) is 54.1 Å². The van der Waals surface area contributed by atoms with Crippen molar-refractivity contribution >= 4 is 14.2 Å². The second kappa shape index (κ2) is 21.8. The zero-order valence-electron chi connectivity index (χ0n) is 26.1. The van der Waals surface area contributed by atoms with Crippen LogP contribution >= 0.6 is 0 Å². The van der Waals surface area contributed by atoms with E-state index in [9.17, 15) is 15.0 Å². The Morgan fingerprint density at radius 2 is 1.46 bits per heavy atom. The summed E-state index contributed by atoms with van der Waals surface area (Å²) in [5, 5.41) is 32.3. The van der Waals surface area contributed by atoms with Crippen LogP contribution in [0.15, 0.2) is 46.8 Å². The summed E-state index contributed by atoms with van der Waals surface area (Å²) in [6.45, 7) is 18.2. The van der Waals surface area contributed by atoms with Crippen LogP contribution in [0.1, 0.15) is 108 Å². The maximum atomic E-state index is 10.9. The topological polar surface area (TPSA) is 185 Å². The number of carbonyl (C=O) groups excluding carboxylic acids is 1. The highest BCUT2D eigenvalue weighted by Gasteiger charge is 2.28. The van der Waals surface area contributed by atoms with Crippen LogP contribution in [0.2, 0.25) is 19.6 Å². The number of nitrogens with zero attached hydrogens (tertiary/aromatic N) is 6. The molecule has 1 aliphatic heterocycles. The molecule has 0 aliphatic carbocycles. The molecule has 0 saturated carbocycles. The summed E-state index contributed by atoms with van der Waals surface area (Å²) >= 11 is 0. The highest BCUT2D eigenvalue weighted by molar-refractivity contribution is 6.74. The number of azide groups is 2. The SMILES string of the molecule is C=CC(O)(CCC)CCC.CCCC(O)(CCC)CCN=[N+]=[N-].C[Si](C)(C)N=[N+]=[N-].O=C1OC(O)c2ccccc21. The number of aliphatic hydroxyl groups excluding tert-OH is 1. The number of esters is 1. The standard InChI is InChI=1S/C9H19N3O.C9H18O.C8H6O3.C3H9N3Si/c1-3-5-9(13,6-4-2)7-8-11-12-10;1-4-7-9(10,6-3)8-5-2;9-7-5-3-1-2-4-6(5)8(10)11-7;1-7(2,3)6-5-4/h13H,3-8H2,1-2H3;6,10H,3-5,7-8H2,1-2H3;1-4,7,9H;1-3H3. The molecule has 1 unspecified atom stereocenters. The smallest absolute Gasteiger partial charge is 0.341 e. The van der Waals surface area contributed by atoms with Crippen molar-refractivity contribution in [2.24, 2.45) is 9.89 Å². The van der Waals surface area contributed by atoms with Crippen LogP contribution in [0.3, 0.4) is 0 Å². The Morgan fingerprint density at radius 1 is 0.951 bits per heavy atom. The summed E-state index contributed by atoms with van der Waals surface area (Å²) in [4.78, 5) is 16.3. The van der Waals surface area contributed by atoms with Crippen molar-refractivity contribution in [1.82, 2.24) is 0 Å². The Kier molecular flexibility index (Phi) is 21.5. The van der Waals surface area contributed by atoms with E-state index >= 15 is 0 Å². The molecule has 1 heterocycles. The van der Waals surface area contributed by atoms with E-state index in [1.54, 1.807) is 30.3 Å². The summed E-state index contributed by atoms with van der Waals surface area (Å²) in [5.74, 6) is -0.451. The lowest BCUT2D eigenvalue weighted by Crippen LogP contribution is -2.29. The van der Waals surface area contributed by atoms with Crippen molar-refractivity contribution in [3.05, 3.63) is 68.9 Å². The van der Waals surface area contributed by atoms with Gasteiger partial charge in [0.25, 0.3) is 0 Å². The van der Waals surface area contributed by atoms with Crippen molar-refractivity contribution in [2.75, 3.05) is 6.54 Å².